The predicted octanol–water partition coefficient (Wildman–Crippen LogP) is 4.14. The summed E-state index contributed by atoms with van der Waals surface area (Å²) >= 11 is 0. The normalized spacial score (nSPS) is 10.7. The van der Waals surface area contributed by atoms with Gasteiger partial charge in [-0.25, -0.2) is 0 Å². The monoisotopic (exact) mass is 349 g/mol. The average molecular weight is 349 g/mol. The van der Waals surface area contributed by atoms with Gasteiger partial charge in [0.05, 0.1) is 0 Å². The fraction of sp³-hybridized carbons (Fsp3) is 0.286. The molecule has 0 aliphatic heterocycles. The molecule has 5 heteroatoms. The number of aryl methyl sites for hydroxylation is 1. The SMILES string of the molecule is CCCN(CCc1nc(-c2ccc(C)cc2)no1)C(=O)c1ccccc1. The first-order valence-corrected chi connectivity index (χ1v) is 8.91. The Morgan fingerprint density at radius 1 is 1.04 bits per heavy atom. The highest BCUT2D eigenvalue weighted by molar-refractivity contribution is 5.94. The summed E-state index contributed by atoms with van der Waals surface area (Å²) in [6, 6.07) is 17.3. The van der Waals surface area contributed by atoms with Crippen LogP contribution in [0.15, 0.2) is 59.1 Å². The maximum absolute atomic E-state index is 12.7. The Hall–Kier alpha value is -2.95. The van der Waals surface area contributed by atoms with Crippen molar-refractivity contribution in [2.45, 2.75) is 26.7 Å². The molecule has 0 atom stereocenters. The molecule has 0 N–H and O–H groups in total. The van der Waals surface area contributed by atoms with E-state index in [0.29, 0.717) is 36.8 Å². The van der Waals surface area contributed by atoms with Crippen LogP contribution in [0.3, 0.4) is 0 Å². The molecule has 2 aromatic carbocycles. The number of hydrogen-bond acceptors (Lipinski definition) is 4. The van der Waals surface area contributed by atoms with Gasteiger partial charge >= 0.3 is 0 Å². The third kappa shape index (κ3) is 4.36. The van der Waals surface area contributed by atoms with Crippen LogP contribution in [0.25, 0.3) is 11.4 Å². The predicted molar refractivity (Wildman–Crippen MR) is 101 cm³/mol. The quantitative estimate of drug-likeness (QED) is 0.643. The number of amides is 1. The lowest BCUT2D eigenvalue weighted by atomic mass is 10.1. The van der Waals surface area contributed by atoms with Crippen LogP contribution in [0.1, 0.15) is 35.2 Å². The molecule has 0 fully saturated rings. The van der Waals surface area contributed by atoms with Crippen LogP contribution < -0.4 is 0 Å². The molecule has 26 heavy (non-hydrogen) atoms. The molecule has 3 aromatic rings. The molecule has 0 bridgehead atoms. The first kappa shape index (κ1) is 17.9. The Morgan fingerprint density at radius 2 is 1.77 bits per heavy atom. The second kappa shape index (κ2) is 8.43. The Balaban J connectivity index is 1.66. The summed E-state index contributed by atoms with van der Waals surface area (Å²) in [6.07, 6.45) is 1.44. The summed E-state index contributed by atoms with van der Waals surface area (Å²) < 4.78 is 5.36. The van der Waals surface area contributed by atoms with E-state index in [0.717, 1.165) is 12.0 Å². The lowest BCUT2D eigenvalue weighted by Gasteiger charge is -2.21. The fourth-order valence-electron chi connectivity index (χ4n) is 2.76. The fourth-order valence-corrected chi connectivity index (χ4v) is 2.76. The van der Waals surface area contributed by atoms with Gasteiger partial charge in [0.25, 0.3) is 5.91 Å². The topological polar surface area (TPSA) is 59.2 Å². The number of carbonyl (C=O) groups is 1. The van der Waals surface area contributed by atoms with Crippen LogP contribution in [0.4, 0.5) is 0 Å². The van der Waals surface area contributed by atoms with Crippen molar-refractivity contribution in [3.63, 3.8) is 0 Å². The van der Waals surface area contributed by atoms with E-state index in [2.05, 4.69) is 17.1 Å². The van der Waals surface area contributed by atoms with Crippen LogP contribution >= 0.6 is 0 Å². The number of rotatable bonds is 7. The molecule has 0 saturated heterocycles. The minimum absolute atomic E-state index is 0.0331. The summed E-state index contributed by atoms with van der Waals surface area (Å²) in [5.74, 6) is 1.16. The van der Waals surface area contributed by atoms with Gasteiger partial charge in [-0.3, -0.25) is 4.79 Å². The highest BCUT2D eigenvalue weighted by Gasteiger charge is 2.16. The van der Waals surface area contributed by atoms with E-state index < -0.39 is 0 Å². The molecular formula is C21H23N3O2. The summed E-state index contributed by atoms with van der Waals surface area (Å²) in [5.41, 5.74) is 2.82. The molecule has 1 amide bonds. The standard InChI is InChI=1S/C21H23N3O2/c1-3-14-24(21(25)18-7-5-4-6-8-18)15-13-19-22-20(23-26-19)17-11-9-16(2)10-12-17/h4-12H,3,13-15H2,1-2H3. The van der Waals surface area contributed by atoms with Gasteiger partial charge in [-0.1, -0.05) is 60.1 Å². The molecular weight excluding hydrogens is 326 g/mol. The summed E-state index contributed by atoms with van der Waals surface area (Å²) in [7, 11) is 0. The maximum Gasteiger partial charge on any atom is 0.253 e. The van der Waals surface area contributed by atoms with Crippen molar-refractivity contribution >= 4 is 5.91 Å². The van der Waals surface area contributed by atoms with E-state index in [4.69, 9.17) is 4.52 Å². The van der Waals surface area contributed by atoms with Crippen LogP contribution in [-0.2, 0) is 6.42 Å². The highest BCUT2D eigenvalue weighted by Crippen LogP contribution is 2.17. The molecule has 0 saturated carbocycles. The Labute approximate surface area is 153 Å². The number of hydrogen-bond donors (Lipinski definition) is 0. The van der Waals surface area contributed by atoms with E-state index in [1.165, 1.54) is 5.56 Å². The van der Waals surface area contributed by atoms with Gasteiger partial charge in [0.1, 0.15) is 0 Å². The zero-order valence-corrected chi connectivity index (χ0v) is 15.2. The zero-order valence-electron chi connectivity index (χ0n) is 15.2. The lowest BCUT2D eigenvalue weighted by Crippen LogP contribution is -2.33. The van der Waals surface area contributed by atoms with Gasteiger partial charge in [-0.15, -0.1) is 0 Å². The Morgan fingerprint density at radius 3 is 2.46 bits per heavy atom. The van der Waals surface area contributed by atoms with Crippen molar-refractivity contribution in [3.05, 3.63) is 71.6 Å². The van der Waals surface area contributed by atoms with Crippen molar-refractivity contribution in [3.8, 4) is 11.4 Å². The van der Waals surface area contributed by atoms with E-state index in [1.807, 2.05) is 66.4 Å². The molecule has 0 aliphatic carbocycles. The number of carbonyl (C=O) groups excluding carboxylic acids is 1. The minimum Gasteiger partial charge on any atom is -0.339 e. The van der Waals surface area contributed by atoms with E-state index in [1.54, 1.807) is 0 Å². The largest absolute Gasteiger partial charge is 0.339 e. The lowest BCUT2D eigenvalue weighted by molar-refractivity contribution is 0.0754. The van der Waals surface area contributed by atoms with E-state index in [9.17, 15) is 4.79 Å². The molecule has 1 heterocycles. The number of benzene rings is 2. The highest BCUT2D eigenvalue weighted by atomic mass is 16.5. The van der Waals surface area contributed by atoms with Gasteiger partial charge in [-0.05, 0) is 25.5 Å². The van der Waals surface area contributed by atoms with Crippen molar-refractivity contribution in [2.75, 3.05) is 13.1 Å². The molecule has 5 nitrogen and oxygen atoms in total. The van der Waals surface area contributed by atoms with Crippen molar-refractivity contribution in [2.24, 2.45) is 0 Å². The summed E-state index contributed by atoms with van der Waals surface area (Å²) in [5, 5.41) is 4.05. The molecule has 134 valence electrons. The van der Waals surface area contributed by atoms with Gasteiger partial charge in [0, 0.05) is 30.6 Å². The third-order valence-corrected chi connectivity index (χ3v) is 4.17. The Bertz CT molecular complexity index is 841. The maximum atomic E-state index is 12.7. The van der Waals surface area contributed by atoms with E-state index >= 15 is 0 Å². The number of nitrogens with zero attached hydrogens (tertiary/aromatic N) is 3. The molecule has 0 spiro atoms. The second-order valence-electron chi connectivity index (χ2n) is 6.29. The average Bonchev–Trinajstić information content (AvgIpc) is 3.15. The molecule has 1 aromatic heterocycles. The van der Waals surface area contributed by atoms with Crippen molar-refractivity contribution < 1.29 is 9.32 Å². The second-order valence-corrected chi connectivity index (χ2v) is 6.29. The smallest absolute Gasteiger partial charge is 0.253 e. The molecule has 0 radical (unpaired) electrons. The van der Waals surface area contributed by atoms with Gasteiger partial charge in [0.2, 0.25) is 11.7 Å². The van der Waals surface area contributed by atoms with Gasteiger partial charge in [-0.2, -0.15) is 4.98 Å². The zero-order chi connectivity index (χ0) is 18.4. The minimum atomic E-state index is 0.0331. The molecule has 3 rings (SSSR count). The third-order valence-electron chi connectivity index (χ3n) is 4.17. The number of aromatic nitrogens is 2. The summed E-state index contributed by atoms with van der Waals surface area (Å²) in [4.78, 5) is 19.0. The first-order chi connectivity index (χ1) is 12.7. The van der Waals surface area contributed by atoms with Gasteiger partial charge in [0.15, 0.2) is 0 Å². The van der Waals surface area contributed by atoms with E-state index in [-0.39, 0.29) is 5.91 Å². The summed E-state index contributed by atoms with van der Waals surface area (Å²) in [6.45, 7) is 5.36. The van der Waals surface area contributed by atoms with Gasteiger partial charge < -0.3 is 9.42 Å². The van der Waals surface area contributed by atoms with Crippen LogP contribution in [0.5, 0.6) is 0 Å². The van der Waals surface area contributed by atoms with Crippen molar-refractivity contribution in [1.82, 2.24) is 15.0 Å². The van der Waals surface area contributed by atoms with Crippen LogP contribution in [-0.4, -0.2) is 34.0 Å². The first-order valence-electron chi connectivity index (χ1n) is 8.91. The molecule has 0 aliphatic rings. The van der Waals surface area contributed by atoms with Crippen LogP contribution in [0, 0.1) is 6.92 Å². The van der Waals surface area contributed by atoms with Crippen LogP contribution in [0.2, 0.25) is 0 Å². The molecule has 0 unspecified atom stereocenters. The van der Waals surface area contributed by atoms with Crippen molar-refractivity contribution in [1.29, 1.82) is 0 Å². The Kier molecular flexibility index (Phi) is 5.79.